The van der Waals surface area contributed by atoms with Crippen LogP contribution in [-0.4, -0.2) is 11.7 Å². The van der Waals surface area contributed by atoms with Gasteiger partial charge < -0.3 is 9.80 Å². The van der Waals surface area contributed by atoms with Gasteiger partial charge in [-0.2, -0.15) is 0 Å². The molecule has 0 bridgehead atoms. The lowest BCUT2D eigenvalue weighted by molar-refractivity contribution is 0.981. The molecule has 0 heterocycles. The van der Waals surface area contributed by atoms with Gasteiger partial charge in [0.1, 0.15) is 0 Å². The maximum absolute atomic E-state index is 5.48. The van der Waals surface area contributed by atoms with E-state index in [0.717, 1.165) is 34.4 Å². The van der Waals surface area contributed by atoms with Gasteiger partial charge in [0.05, 0.1) is 11.4 Å². The number of nitrogens with zero attached hydrogens (tertiary/aromatic N) is 4. The summed E-state index contributed by atoms with van der Waals surface area (Å²) in [5.41, 5.74) is 10.9. The minimum atomic E-state index is 0.606. The van der Waals surface area contributed by atoms with Crippen molar-refractivity contribution in [3.8, 4) is 0 Å². The van der Waals surface area contributed by atoms with E-state index in [2.05, 4.69) is 195 Å². The minimum Gasteiger partial charge on any atom is -0.319 e. The van der Waals surface area contributed by atoms with Crippen molar-refractivity contribution in [3.63, 3.8) is 0 Å². The summed E-state index contributed by atoms with van der Waals surface area (Å²) in [6, 6.07) is 55.3. The summed E-state index contributed by atoms with van der Waals surface area (Å²) in [5.74, 6) is 1.51. The van der Waals surface area contributed by atoms with Crippen LogP contribution < -0.4 is 9.80 Å². The Morgan fingerprint density at radius 1 is 0.375 bits per heavy atom. The number of amidine groups is 2. The van der Waals surface area contributed by atoms with Crippen LogP contribution in [0.25, 0.3) is 0 Å². The highest BCUT2D eigenvalue weighted by Crippen LogP contribution is 2.28. The second-order valence-electron chi connectivity index (χ2n) is 12.4. The van der Waals surface area contributed by atoms with Crippen LogP contribution in [0.2, 0.25) is 0 Å². The second-order valence-corrected chi connectivity index (χ2v) is 12.4. The summed E-state index contributed by atoms with van der Waals surface area (Å²) < 4.78 is 0. The Bertz CT molecular complexity index is 1810. The molecule has 0 saturated carbocycles. The van der Waals surface area contributed by atoms with Gasteiger partial charge in [-0.3, -0.25) is 0 Å². The third-order valence-electron chi connectivity index (χ3n) is 8.31. The molecule has 4 nitrogen and oxygen atoms in total. The van der Waals surface area contributed by atoms with Crippen molar-refractivity contribution in [1.29, 1.82) is 0 Å². The number of aliphatic imine (C=N–C) groups is 2. The molecular formula is C44H42N4. The van der Waals surface area contributed by atoms with Crippen molar-refractivity contribution in [2.24, 2.45) is 9.98 Å². The van der Waals surface area contributed by atoms with E-state index in [9.17, 15) is 0 Å². The monoisotopic (exact) mass is 626 g/mol. The molecule has 4 heteroatoms. The molecule has 0 N–H and O–H groups in total. The zero-order chi connectivity index (χ0) is 33.3. The molecule has 0 aromatic heterocycles. The molecule has 6 aromatic rings. The van der Waals surface area contributed by atoms with Crippen LogP contribution in [0.5, 0.6) is 0 Å². The van der Waals surface area contributed by atoms with Gasteiger partial charge in [-0.05, 0) is 87.4 Å². The standard InChI is InChI=1S/C44H42N4/c1-33-15-23-39(24-16-33)45-43(47(31-37-11-7-5-8-12-37)41-27-19-35(3)20-28-41)44(46-40-25-17-34(2)18-26-40)48(32-38-13-9-6-10-14-38)42-29-21-36(4)22-30-42/h5-30H,31-32H2,1-4H3. The molecule has 238 valence electrons. The fourth-order valence-electron chi connectivity index (χ4n) is 5.50. The third kappa shape index (κ3) is 8.34. The Labute approximate surface area is 285 Å². The quantitative estimate of drug-likeness (QED) is 0.124. The Morgan fingerprint density at radius 3 is 0.979 bits per heavy atom. The molecule has 0 saturated heterocycles. The van der Waals surface area contributed by atoms with Gasteiger partial charge in [-0.15, -0.1) is 0 Å². The summed E-state index contributed by atoms with van der Waals surface area (Å²) in [7, 11) is 0. The fraction of sp³-hybridized carbons (Fsp3) is 0.136. The Morgan fingerprint density at radius 2 is 0.667 bits per heavy atom. The molecule has 0 spiro atoms. The average molecular weight is 627 g/mol. The lowest BCUT2D eigenvalue weighted by atomic mass is 10.1. The average Bonchev–Trinajstić information content (AvgIpc) is 3.11. The lowest BCUT2D eigenvalue weighted by Gasteiger charge is -2.33. The van der Waals surface area contributed by atoms with E-state index in [1.165, 1.54) is 33.4 Å². The van der Waals surface area contributed by atoms with E-state index in [-0.39, 0.29) is 0 Å². The Hall–Kier alpha value is -5.74. The molecule has 0 radical (unpaired) electrons. The second kappa shape index (κ2) is 15.2. The van der Waals surface area contributed by atoms with Crippen molar-refractivity contribution in [3.05, 3.63) is 191 Å². The van der Waals surface area contributed by atoms with E-state index in [4.69, 9.17) is 9.98 Å². The van der Waals surface area contributed by atoms with Crippen molar-refractivity contribution >= 4 is 34.4 Å². The van der Waals surface area contributed by atoms with Gasteiger partial charge in [-0.25, -0.2) is 9.98 Å². The molecule has 0 amide bonds. The highest BCUT2D eigenvalue weighted by molar-refractivity contribution is 6.50. The zero-order valence-electron chi connectivity index (χ0n) is 28.2. The molecule has 0 aliphatic heterocycles. The molecule has 48 heavy (non-hydrogen) atoms. The fourth-order valence-corrected chi connectivity index (χ4v) is 5.50. The summed E-state index contributed by atoms with van der Waals surface area (Å²) in [6.45, 7) is 9.66. The number of aryl methyl sites for hydroxylation is 4. The van der Waals surface area contributed by atoms with Crippen molar-refractivity contribution in [1.82, 2.24) is 0 Å². The number of rotatable bonds is 8. The van der Waals surface area contributed by atoms with Crippen molar-refractivity contribution < 1.29 is 0 Å². The van der Waals surface area contributed by atoms with E-state index >= 15 is 0 Å². The molecule has 0 aliphatic carbocycles. The highest BCUT2D eigenvalue weighted by atomic mass is 15.3. The van der Waals surface area contributed by atoms with Crippen LogP contribution in [-0.2, 0) is 13.1 Å². The van der Waals surface area contributed by atoms with E-state index in [1.54, 1.807) is 0 Å². The molecule has 0 aliphatic rings. The predicted octanol–water partition coefficient (Wildman–Crippen LogP) is 11.1. The molecular weight excluding hydrogens is 585 g/mol. The van der Waals surface area contributed by atoms with E-state index < -0.39 is 0 Å². The number of anilines is 2. The van der Waals surface area contributed by atoms with Gasteiger partial charge in [0.2, 0.25) is 0 Å². The van der Waals surface area contributed by atoms with Gasteiger partial charge in [-0.1, -0.05) is 131 Å². The van der Waals surface area contributed by atoms with Crippen LogP contribution in [0, 0.1) is 27.7 Å². The SMILES string of the molecule is Cc1ccc(N=C(C(=Nc2ccc(C)cc2)N(Cc2ccccc2)c2ccc(C)cc2)N(Cc2ccccc2)c2ccc(C)cc2)cc1. The summed E-state index contributed by atoms with van der Waals surface area (Å²) in [6.07, 6.45) is 0. The molecule has 0 fully saturated rings. The first-order valence-corrected chi connectivity index (χ1v) is 16.5. The summed E-state index contributed by atoms with van der Waals surface area (Å²) >= 11 is 0. The van der Waals surface area contributed by atoms with Crippen LogP contribution in [0.15, 0.2) is 168 Å². The van der Waals surface area contributed by atoms with Gasteiger partial charge in [0.15, 0.2) is 11.7 Å². The normalized spacial score (nSPS) is 11.8. The number of benzene rings is 6. The van der Waals surface area contributed by atoms with Gasteiger partial charge >= 0.3 is 0 Å². The van der Waals surface area contributed by atoms with Crippen LogP contribution in [0.4, 0.5) is 22.7 Å². The summed E-state index contributed by atoms with van der Waals surface area (Å²) in [5, 5.41) is 0. The maximum atomic E-state index is 5.48. The maximum Gasteiger partial charge on any atom is 0.177 e. The van der Waals surface area contributed by atoms with Gasteiger partial charge in [0, 0.05) is 24.5 Å². The smallest absolute Gasteiger partial charge is 0.177 e. The molecule has 6 rings (SSSR count). The largest absolute Gasteiger partial charge is 0.319 e. The first-order chi connectivity index (χ1) is 23.4. The summed E-state index contributed by atoms with van der Waals surface area (Å²) in [4.78, 5) is 15.6. The predicted molar refractivity (Wildman–Crippen MR) is 204 cm³/mol. The molecule has 0 unspecified atom stereocenters. The van der Waals surface area contributed by atoms with Crippen LogP contribution in [0.3, 0.4) is 0 Å². The molecule has 6 aromatic carbocycles. The first kappa shape index (κ1) is 32.2. The molecule has 0 atom stereocenters. The van der Waals surface area contributed by atoms with Crippen LogP contribution >= 0.6 is 0 Å². The Balaban J connectivity index is 1.64. The Kier molecular flexibility index (Phi) is 10.2. The topological polar surface area (TPSA) is 31.2 Å². The van der Waals surface area contributed by atoms with Crippen LogP contribution in [0.1, 0.15) is 33.4 Å². The van der Waals surface area contributed by atoms with E-state index in [1.807, 2.05) is 0 Å². The van der Waals surface area contributed by atoms with E-state index in [0.29, 0.717) is 13.1 Å². The van der Waals surface area contributed by atoms with Crippen molar-refractivity contribution in [2.45, 2.75) is 40.8 Å². The van der Waals surface area contributed by atoms with Gasteiger partial charge in [0.25, 0.3) is 0 Å². The number of hydrogen-bond acceptors (Lipinski definition) is 2. The minimum absolute atomic E-state index is 0.606. The first-order valence-electron chi connectivity index (χ1n) is 16.5. The lowest BCUT2D eigenvalue weighted by Crippen LogP contribution is -2.45. The number of hydrogen-bond donors (Lipinski definition) is 0. The third-order valence-corrected chi connectivity index (χ3v) is 8.31. The highest BCUT2D eigenvalue weighted by Gasteiger charge is 2.27. The van der Waals surface area contributed by atoms with Crippen molar-refractivity contribution in [2.75, 3.05) is 9.80 Å². The zero-order valence-corrected chi connectivity index (χ0v) is 28.2.